The summed E-state index contributed by atoms with van der Waals surface area (Å²) in [5.41, 5.74) is 4.71. The molecule has 1 aromatic heterocycles. The highest BCUT2D eigenvalue weighted by Crippen LogP contribution is 2.30. The number of fused-ring (bicyclic) bond motifs is 1. The van der Waals surface area contributed by atoms with E-state index in [9.17, 15) is 4.79 Å². The maximum atomic E-state index is 12.7. The molecule has 158 valence electrons. The van der Waals surface area contributed by atoms with E-state index in [4.69, 9.17) is 4.74 Å². The van der Waals surface area contributed by atoms with Crippen LogP contribution in [0.25, 0.3) is 10.9 Å². The Morgan fingerprint density at radius 1 is 1.17 bits per heavy atom. The Bertz CT molecular complexity index is 1020. The lowest BCUT2D eigenvalue weighted by Crippen LogP contribution is -2.19. The number of H-pyrrole nitrogens is 1. The Morgan fingerprint density at radius 3 is 2.63 bits per heavy atom. The maximum absolute atomic E-state index is 12.7. The fourth-order valence-corrected chi connectivity index (χ4v) is 3.52. The molecule has 5 nitrogen and oxygen atoms in total. The minimum Gasteiger partial charge on any atom is -0.493 e. The first-order chi connectivity index (χ1) is 14.5. The number of rotatable bonds is 9. The van der Waals surface area contributed by atoms with Crippen LogP contribution in [0, 0.1) is 18.8 Å². The van der Waals surface area contributed by atoms with Crippen LogP contribution < -0.4 is 15.4 Å². The summed E-state index contributed by atoms with van der Waals surface area (Å²) in [5, 5.41) is 7.67. The SMILES string of the molecule is Cc1c(NC(=O)c2ccc(OCC3CC3)cc2)ccc2cc(CNCC(C)C)[nH]c12. The molecule has 0 radical (unpaired) electrons. The molecule has 1 fully saturated rings. The molecule has 2 aromatic carbocycles. The van der Waals surface area contributed by atoms with Crippen LogP contribution in [0.5, 0.6) is 5.75 Å². The number of aromatic nitrogens is 1. The molecule has 0 spiro atoms. The Balaban J connectivity index is 1.42. The molecule has 3 aromatic rings. The van der Waals surface area contributed by atoms with E-state index in [1.54, 1.807) is 0 Å². The van der Waals surface area contributed by atoms with Gasteiger partial charge in [0, 0.05) is 28.9 Å². The van der Waals surface area contributed by atoms with Crippen molar-refractivity contribution in [3.63, 3.8) is 0 Å². The van der Waals surface area contributed by atoms with Crippen molar-refractivity contribution in [2.45, 2.75) is 40.2 Å². The number of aromatic amines is 1. The Morgan fingerprint density at radius 2 is 1.93 bits per heavy atom. The predicted molar refractivity (Wildman–Crippen MR) is 122 cm³/mol. The van der Waals surface area contributed by atoms with Crippen molar-refractivity contribution in [1.29, 1.82) is 0 Å². The van der Waals surface area contributed by atoms with Crippen LogP contribution in [-0.2, 0) is 6.54 Å². The summed E-state index contributed by atoms with van der Waals surface area (Å²) in [4.78, 5) is 16.2. The molecule has 1 aliphatic carbocycles. The summed E-state index contributed by atoms with van der Waals surface area (Å²) in [6.45, 7) is 9.01. The number of ether oxygens (including phenoxy) is 1. The Hall–Kier alpha value is -2.79. The molecule has 1 saturated carbocycles. The zero-order valence-corrected chi connectivity index (χ0v) is 18.0. The van der Waals surface area contributed by atoms with Gasteiger partial charge in [0.05, 0.1) is 12.1 Å². The van der Waals surface area contributed by atoms with Crippen molar-refractivity contribution in [2.24, 2.45) is 11.8 Å². The van der Waals surface area contributed by atoms with Gasteiger partial charge in [0.25, 0.3) is 5.91 Å². The van der Waals surface area contributed by atoms with E-state index in [0.717, 1.165) is 53.3 Å². The van der Waals surface area contributed by atoms with Crippen molar-refractivity contribution in [3.05, 3.63) is 59.3 Å². The number of nitrogens with one attached hydrogen (secondary N) is 3. The van der Waals surface area contributed by atoms with Crippen LogP contribution in [0.3, 0.4) is 0 Å². The van der Waals surface area contributed by atoms with Gasteiger partial charge in [-0.2, -0.15) is 0 Å². The molecule has 5 heteroatoms. The zero-order chi connectivity index (χ0) is 21.1. The quantitative estimate of drug-likeness (QED) is 0.455. The molecular weight excluding hydrogens is 374 g/mol. The number of hydrogen-bond acceptors (Lipinski definition) is 3. The van der Waals surface area contributed by atoms with Crippen molar-refractivity contribution >= 4 is 22.5 Å². The van der Waals surface area contributed by atoms with Crippen LogP contribution in [0.1, 0.15) is 48.3 Å². The van der Waals surface area contributed by atoms with E-state index in [-0.39, 0.29) is 5.91 Å². The van der Waals surface area contributed by atoms with Crippen LogP contribution in [0.2, 0.25) is 0 Å². The van der Waals surface area contributed by atoms with Gasteiger partial charge in [-0.3, -0.25) is 4.79 Å². The smallest absolute Gasteiger partial charge is 0.255 e. The Labute approximate surface area is 178 Å². The predicted octanol–water partition coefficient (Wildman–Crippen LogP) is 5.26. The normalized spacial score (nSPS) is 13.7. The highest BCUT2D eigenvalue weighted by Gasteiger charge is 2.21. The van der Waals surface area contributed by atoms with Crippen LogP contribution in [-0.4, -0.2) is 24.0 Å². The fourth-order valence-electron chi connectivity index (χ4n) is 3.52. The van der Waals surface area contributed by atoms with Crippen molar-refractivity contribution in [1.82, 2.24) is 10.3 Å². The Kier molecular flexibility index (Phi) is 6.09. The van der Waals surface area contributed by atoms with Gasteiger partial charge in [-0.05, 0) is 80.1 Å². The highest BCUT2D eigenvalue weighted by atomic mass is 16.5. The van der Waals surface area contributed by atoms with Gasteiger partial charge in [0.1, 0.15) is 5.75 Å². The monoisotopic (exact) mass is 405 g/mol. The van der Waals surface area contributed by atoms with Crippen molar-refractivity contribution < 1.29 is 9.53 Å². The second-order valence-corrected chi connectivity index (χ2v) is 8.75. The molecule has 3 N–H and O–H groups in total. The van der Waals surface area contributed by atoms with Crippen LogP contribution in [0.15, 0.2) is 42.5 Å². The number of amides is 1. The summed E-state index contributed by atoms with van der Waals surface area (Å²) in [6, 6.07) is 13.6. The number of anilines is 1. The molecule has 0 atom stereocenters. The van der Waals surface area contributed by atoms with Crippen LogP contribution >= 0.6 is 0 Å². The zero-order valence-electron chi connectivity index (χ0n) is 18.0. The molecule has 0 saturated heterocycles. The summed E-state index contributed by atoms with van der Waals surface area (Å²) >= 11 is 0. The third kappa shape index (κ3) is 5.03. The average Bonchev–Trinajstić information content (AvgIpc) is 3.47. The van der Waals surface area contributed by atoms with E-state index in [2.05, 4.69) is 41.6 Å². The first-order valence-corrected chi connectivity index (χ1v) is 10.9. The number of hydrogen-bond donors (Lipinski definition) is 3. The number of carbonyl (C=O) groups excluding carboxylic acids is 1. The van der Waals surface area contributed by atoms with Crippen molar-refractivity contribution in [3.8, 4) is 5.75 Å². The van der Waals surface area contributed by atoms with Gasteiger partial charge < -0.3 is 20.4 Å². The maximum Gasteiger partial charge on any atom is 0.255 e. The molecule has 1 aliphatic rings. The molecule has 4 rings (SSSR count). The number of aryl methyl sites for hydroxylation is 1. The summed E-state index contributed by atoms with van der Waals surface area (Å²) in [6.07, 6.45) is 2.53. The second kappa shape index (κ2) is 8.92. The van der Waals surface area contributed by atoms with E-state index >= 15 is 0 Å². The van der Waals surface area contributed by atoms with Gasteiger partial charge in [-0.15, -0.1) is 0 Å². The van der Waals surface area contributed by atoms with E-state index in [1.807, 2.05) is 37.3 Å². The molecular formula is C25H31N3O2. The standard InChI is InChI=1S/C25H31N3O2/c1-16(2)13-26-14-21-12-20-8-11-23(17(3)24(20)27-21)28-25(29)19-6-9-22(10-7-19)30-15-18-4-5-18/h6-12,16,18,26-27H,4-5,13-15H2,1-3H3,(H,28,29). The summed E-state index contributed by atoms with van der Waals surface area (Å²) in [7, 11) is 0. The number of carbonyl (C=O) groups is 1. The summed E-state index contributed by atoms with van der Waals surface area (Å²) < 4.78 is 5.75. The molecule has 0 unspecified atom stereocenters. The third-order valence-electron chi connectivity index (χ3n) is 5.53. The lowest BCUT2D eigenvalue weighted by molar-refractivity contribution is 0.102. The minimum atomic E-state index is -0.114. The first-order valence-electron chi connectivity index (χ1n) is 10.9. The van der Waals surface area contributed by atoms with E-state index in [0.29, 0.717) is 17.4 Å². The third-order valence-corrected chi connectivity index (χ3v) is 5.53. The minimum absolute atomic E-state index is 0.114. The van der Waals surface area contributed by atoms with Gasteiger partial charge in [-0.25, -0.2) is 0 Å². The molecule has 1 heterocycles. The molecule has 0 bridgehead atoms. The van der Waals surface area contributed by atoms with E-state index < -0.39 is 0 Å². The first kappa shape index (κ1) is 20.5. The van der Waals surface area contributed by atoms with Gasteiger partial charge >= 0.3 is 0 Å². The largest absolute Gasteiger partial charge is 0.493 e. The van der Waals surface area contributed by atoms with E-state index in [1.165, 1.54) is 12.8 Å². The van der Waals surface area contributed by atoms with Gasteiger partial charge in [-0.1, -0.05) is 19.9 Å². The second-order valence-electron chi connectivity index (χ2n) is 8.75. The molecule has 30 heavy (non-hydrogen) atoms. The summed E-state index contributed by atoms with van der Waals surface area (Å²) in [5.74, 6) is 2.04. The topological polar surface area (TPSA) is 66.2 Å². The highest BCUT2D eigenvalue weighted by molar-refractivity contribution is 6.06. The van der Waals surface area contributed by atoms with Gasteiger partial charge in [0.15, 0.2) is 0 Å². The average molecular weight is 406 g/mol. The van der Waals surface area contributed by atoms with Crippen molar-refractivity contribution in [2.75, 3.05) is 18.5 Å². The van der Waals surface area contributed by atoms with Crippen LogP contribution in [0.4, 0.5) is 5.69 Å². The lowest BCUT2D eigenvalue weighted by Gasteiger charge is -2.10. The lowest BCUT2D eigenvalue weighted by atomic mass is 10.1. The number of benzene rings is 2. The fraction of sp³-hybridized carbons (Fsp3) is 0.400. The molecule has 1 amide bonds. The molecule has 0 aliphatic heterocycles. The van der Waals surface area contributed by atoms with Gasteiger partial charge in [0.2, 0.25) is 0 Å².